The van der Waals surface area contributed by atoms with Crippen LogP contribution in [0.25, 0.3) is 0 Å². The van der Waals surface area contributed by atoms with Crippen LogP contribution in [0, 0.1) is 5.92 Å². The smallest absolute Gasteiger partial charge is 0.493 e. The second kappa shape index (κ2) is 4.59. The highest BCUT2D eigenvalue weighted by Crippen LogP contribution is 2.41. The summed E-state index contributed by atoms with van der Waals surface area (Å²) in [5, 5.41) is 3.28. The first kappa shape index (κ1) is 12.6. The average molecular weight is 273 g/mol. The highest BCUT2D eigenvalue weighted by Gasteiger charge is 2.35. The van der Waals surface area contributed by atoms with Crippen molar-refractivity contribution in [2.75, 3.05) is 19.7 Å². The van der Waals surface area contributed by atoms with Crippen molar-refractivity contribution in [1.82, 2.24) is 5.32 Å². The van der Waals surface area contributed by atoms with E-state index in [0.29, 0.717) is 18.3 Å². The molecule has 1 N–H and O–H groups in total. The van der Waals surface area contributed by atoms with E-state index < -0.39 is 6.36 Å². The number of benzene rings is 1. The molecule has 0 aromatic heterocycles. The Hall–Kier alpha value is -1.43. The fraction of sp³-hybridized carbons (Fsp3) is 0.538. The summed E-state index contributed by atoms with van der Waals surface area (Å²) in [6, 6.07) is 4.32. The van der Waals surface area contributed by atoms with Crippen molar-refractivity contribution >= 4 is 0 Å². The van der Waals surface area contributed by atoms with Crippen LogP contribution >= 0.6 is 0 Å². The molecule has 2 atom stereocenters. The fourth-order valence-electron chi connectivity index (χ4n) is 2.87. The lowest BCUT2D eigenvalue weighted by molar-refractivity contribution is -0.274. The molecule has 1 aromatic rings. The molecule has 0 spiro atoms. The number of alkyl halides is 3. The van der Waals surface area contributed by atoms with Gasteiger partial charge in [0.15, 0.2) is 0 Å². The van der Waals surface area contributed by atoms with E-state index in [-0.39, 0.29) is 11.7 Å². The molecule has 2 aliphatic heterocycles. The zero-order valence-electron chi connectivity index (χ0n) is 10.2. The van der Waals surface area contributed by atoms with Crippen LogP contribution in [0.4, 0.5) is 13.2 Å². The first-order valence-electron chi connectivity index (χ1n) is 6.26. The van der Waals surface area contributed by atoms with Crippen LogP contribution < -0.4 is 14.8 Å². The standard InChI is InChI=1S/C13H14F3NO2/c14-13(15,16)19-9-1-2-12-10(5-9)11-7-17-6-8(11)3-4-18-12/h1-2,5,8,11,17H,3-4,6-7H2/t8?,11-/m0/s1. The number of ether oxygens (including phenoxy) is 2. The maximum atomic E-state index is 12.3. The molecule has 0 bridgehead atoms. The third-order valence-corrected chi connectivity index (χ3v) is 3.70. The molecule has 104 valence electrons. The van der Waals surface area contributed by atoms with Crippen molar-refractivity contribution < 1.29 is 22.6 Å². The maximum Gasteiger partial charge on any atom is 0.573 e. The molecular weight excluding hydrogens is 259 g/mol. The van der Waals surface area contributed by atoms with Gasteiger partial charge in [-0.3, -0.25) is 0 Å². The molecule has 0 radical (unpaired) electrons. The van der Waals surface area contributed by atoms with Gasteiger partial charge in [-0.25, -0.2) is 0 Å². The van der Waals surface area contributed by atoms with Crippen LogP contribution in [0.1, 0.15) is 17.9 Å². The molecule has 3 rings (SSSR count). The van der Waals surface area contributed by atoms with Gasteiger partial charge in [0.1, 0.15) is 11.5 Å². The SMILES string of the molecule is FC(F)(F)Oc1ccc2c(c1)[C@H]1CNCC1CCO2. The van der Waals surface area contributed by atoms with Gasteiger partial charge in [0.05, 0.1) is 6.61 Å². The summed E-state index contributed by atoms with van der Waals surface area (Å²) in [4.78, 5) is 0. The third-order valence-electron chi connectivity index (χ3n) is 3.70. The van der Waals surface area contributed by atoms with Crippen molar-refractivity contribution in [1.29, 1.82) is 0 Å². The van der Waals surface area contributed by atoms with Gasteiger partial charge in [-0.2, -0.15) is 0 Å². The van der Waals surface area contributed by atoms with Gasteiger partial charge in [-0.15, -0.1) is 13.2 Å². The number of rotatable bonds is 1. The normalized spacial score (nSPS) is 26.1. The molecule has 0 aliphatic carbocycles. The molecule has 2 aliphatic rings. The third kappa shape index (κ3) is 2.63. The minimum Gasteiger partial charge on any atom is -0.493 e. The van der Waals surface area contributed by atoms with Crippen molar-refractivity contribution in [3.63, 3.8) is 0 Å². The van der Waals surface area contributed by atoms with E-state index >= 15 is 0 Å². The monoisotopic (exact) mass is 273 g/mol. The van der Waals surface area contributed by atoms with Crippen LogP contribution in [0.3, 0.4) is 0 Å². The lowest BCUT2D eigenvalue weighted by atomic mass is 9.87. The molecule has 1 fully saturated rings. The van der Waals surface area contributed by atoms with Crippen molar-refractivity contribution in [2.24, 2.45) is 5.92 Å². The van der Waals surface area contributed by atoms with E-state index in [1.807, 2.05) is 0 Å². The van der Waals surface area contributed by atoms with Crippen molar-refractivity contribution in [3.8, 4) is 11.5 Å². The maximum absolute atomic E-state index is 12.3. The number of halogens is 3. The van der Waals surface area contributed by atoms with Crippen molar-refractivity contribution in [3.05, 3.63) is 23.8 Å². The molecule has 19 heavy (non-hydrogen) atoms. The summed E-state index contributed by atoms with van der Waals surface area (Å²) in [6.07, 6.45) is -3.74. The summed E-state index contributed by atoms with van der Waals surface area (Å²) in [5.41, 5.74) is 0.814. The zero-order valence-corrected chi connectivity index (χ0v) is 10.2. The van der Waals surface area contributed by atoms with E-state index in [2.05, 4.69) is 10.1 Å². The second-order valence-corrected chi connectivity index (χ2v) is 4.91. The number of hydrogen-bond donors (Lipinski definition) is 1. The Bertz CT molecular complexity index is 475. The molecule has 0 saturated carbocycles. The average Bonchev–Trinajstić information content (AvgIpc) is 2.71. The minimum absolute atomic E-state index is 0.178. The quantitative estimate of drug-likeness (QED) is 0.853. The van der Waals surface area contributed by atoms with Gasteiger partial charge < -0.3 is 14.8 Å². The van der Waals surface area contributed by atoms with Gasteiger partial charge >= 0.3 is 6.36 Å². The highest BCUT2D eigenvalue weighted by atomic mass is 19.4. The second-order valence-electron chi connectivity index (χ2n) is 4.91. The topological polar surface area (TPSA) is 30.5 Å². The summed E-state index contributed by atoms with van der Waals surface area (Å²) < 4.78 is 46.4. The number of hydrogen-bond acceptors (Lipinski definition) is 3. The van der Waals surface area contributed by atoms with Gasteiger partial charge in [-0.05, 0) is 37.1 Å². The van der Waals surface area contributed by atoms with Crippen LogP contribution in [-0.2, 0) is 0 Å². The number of fused-ring (bicyclic) bond motifs is 3. The zero-order chi connectivity index (χ0) is 13.5. The minimum atomic E-state index is -4.66. The molecule has 1 saturated heterocycles. The Labute approximate surface area is 108 Å². The summed E-state index contributed by atoms with van der Waals surface area (Å²) >= 11 is 0. The lowest BCUT2D eigenvalue weighted by Gasteiger charge is -2.17. The van der Waals surface area contributed by atoms with Gasteiger partial charge in [0.2, 0.25) is 0 Å². The molecule has 2 heterocycles. The van der Waals surface area contributed by atoms with E-state index in [1.165, 1.54) is 12.1 Å². The highest BCUT2D eigenvalue weighted by molar-refractivity contribution is 5.44. The molecule has 3 nitrogen and oxygen atoms in total. The van der Waals surface area contributed by atoms with Gasteiger partial charge in [0.25, 0.3) is 0 Å². The molecular formula is C13H14F3NO2. The van der Waals surface area contributed by atoms with E-state index in [1.54, 1.807) is 6.07 Å². The molecule has 6 heteroatoms. The Morgan fingerprint density at radius 2 is 2.11 bits per heavy atom. The Morgan fingerprint density at radius 1 is 1.26 bits per heavy atom. The van der Waals surface area contributed by atoms with Gasteiger partial charge in [-0.1, -0.05) is 0 Å². The van der Waals surface area contributed by atoms with Crippen LogP contribution in [-0.4, -0.2) is 26.1 Å². The molecule has 1 unspecified atom stereocenters. The summed E-state index contributed by atoms with van der Waals surface area (Å²) in [7, 11) is 0. The largest absolute Gasteiger partial charge is 0.573 e. The number of nitrogens with one attached hydrogen (secondary N) is 1. The first-order chi connectivity index (χ1) is 9.03. The fourth-order valence-corrected chi connectivity index (χ4v) is 2.87. The molecule has 1 aromatic carbocycles. The Kier molecular flexibility index (Phi) is 3.05. The first-order valence-corrected chi connectivity index (χ1v) is 6.26. The van der Waals surface area contributed by atoms with E-state index in [4.69, 9.17) is 4.74 Å². The summed E-state index contributed by atoms with van der Waals surface area (Å²) in [5.74, 6) is 1.12. The predicted octanol–water partition coefficient (Wildman–Crippen LogP) is 2.67. The molecule has 0 amide bonds. The predicted molar refractivity (Wildman–Crippen MR) is 62.3 cm³/mol. The van der Waals surface area contributed by atoms with Crippen LogP contribution in [0.5, 0.6) is 11.5 Å². The Morgan fingerprint density at radius 3 is 2.89 bits per heavy atom. The van der Waals surface area contributed by atoms with E-state index in [9.17, 15) is 13.2 Å². The lowest BCUT2D eigenvalue weighted by Crippen LogP contribution is -2.17. The van der Waals surface area contributed by atoms with Crippen LogP contribution in [0.2, 0.25) is 0 Å². The van der Waals surface area contributed by atoms with Crippen LogP contribution in [0.15, 0.2) is 18.2 Å². The Balaban J connectivity index is 1.93. The van der Waals surface area contributed by atoms with E-state index in [0.717, 1.165) is 25.1 Å². The van der Waals surface area contributed by atoms with Crippen molar-refractivity contribution in [2.45, 2.75) is 18.7 Å². The summed E-state index contributed by atoms with van der Waals surface area (Å²) in [6.45, 7) is 2.27. The van der Waals surface area contributed by atoms with Gasteiger partial charge in [0, 0.05) is 18.0 Å².